The van der Waals surface area contributed by atoms with E-state index in [0.29, 0.717) is 22.9 Å². The number of aliphatic hydroxyl groups excluding tert-OH is 2. The van der Waals surface area contributed by atoms with Crippen molar-refractivity contribution in [1.82, 2.24) is 0 Å². The van der Waals surface area contributed by atoms with Crippen LogP contribution in [0.4, 0.5) is 4.39 Å². The van der Waals surface area contributed by atoms with Crippen LogP contribution in [-0.2, 0) is 6.42 Å². The fourth-order valence-electron chi connectivity index (χ4n) is 1.58. The van der Waals surface area contributed by atoms with E-state index in [4.69, 9.17) is 0 Å². The minimum absolute atomic E-state index is 0.143. The minimum Gasteiger partial charge on any atom is -0.396 e. The van der Waals surface area contributed by atoms with Gasteiger partial charge in [-0.15, -0.1) is 0 Å². The summed E-state index contributed by atoms with van der Waals surface area (Å²) in [6, 6.07) is 4.83. The molecule has 0 unspecified atom stereocenters. The highest BCUT2D eigenvalue weighted by Gasteiger charge is 2.28. The van der Waals surface area contributed by atoms with E-state index in [-0.39, 0.29) is 19.0 Å². The van der Waals surface area contributed by atoms with Gasteiger partial charge in [-0.05, 0) is 30.5 Å². The third-order valence-corrected chi connectivity index (χ3v) is 3.49. The number of rotatable bonds is 5. The summed E-state index contributed by atoms with van der Waals surface area (Å²) in [5, 5.41) is 18.6. The zero-order valence-corrected chi connectivity index (χ0v) is 10.8. The molecule has 0 saturated carbocycles. The van der Waals surface area contributed by atoms with Crippen LogP contribution in [0.1, 0.15) is 18.9 Å². The van der Waals surface area contributed by atoms with Gasteiger partial charge in [0.25, 0.3) is 0 Å². The zero-order valence-electron chi connectivity index (χ0n) is 9.21. The van der Waals surface area contributed by atoms with Gasteiger partial charge in [0.05, 0.1) is 13.2 Å². The molecule has 90 valence electrons. The molecule has 2 nitrogen and oxygen atoms in total. The van der Waals surface area contributed by atoms with Crippen LogP contribution in [-0.4, -0.2) is 23.4 Å². The second-order valence-corrected chi connectivity index (χ2v) is 5.00. The van der Waals surface area contributed by atoms with Gasteiger partial charge >= 0.3 is 0 Å². The van der Waals surface area contributed by atoms with E-state index in [2.05, 4.69) is 15.9 Å². The molecule has 0 amide bonds. The molecule has 0 aliphatic carbocycles. The number of benzene rings is 1. The predicted octanol–water partition coefficient (Wildman–Crippen LogP) is 2.51. The van der Waals surface area contributed by atoms with Crippen molar-refractivity contribution in [2.75, 3.05) is 13.2 Å². The molecule has 0 bridgehead atoms. The molecule has 1 rings (SSSR count). The maximum absolute atomic E-state index is 13.6. The third kappa shape index (κ3) is 3.03. The van der Waals surface area contributed by atoms with E-state index >= 15 is 0 Å². The van der Waals surface area contributed by atoms with Gasteiger partial charge in [0.2, 0.25) is 0 Å². The quantitative estimate of drug-likeness (QED) is 0.875. The summed E-state index contributed by atoms with van der Waals surface area (Å²) in [5.41, 5.74) is -0.109. The first kappa shape index (κ1) is 13.6. The number of hydrogen-bond acceptors (Lipinski definition) is 2. The lowest BCUT2D eigenvalue weighted by Gasteiger charge is -2.28. The van der Waals surface area contributed by atoms with Crippen molar-refractivity contribution in [3.63, 3.8) is 0 Å². The molecular formula is C12H16BrFO2. The average Bonchev–Trinajstić information content (AvgIpc) is 2.29. The Bertz CT molecular complexity index is 343. The molecule has 0 atom stereocenters. The minimum atomic E-state index is -0.630. The molecule has 0 saturated heterocycles. The van der Waals surface area contributed by atoms with Crippen molar-refractivity contribution in [2.24, 2.45) is 5.41 Å². The Morgan fingerprint density at radius 1 is 1.31 bits per heavy atom. The first-order valence-electron chi connectivity index (χ1n) is 5.22. The predicted molar refractivity (Wildman–Crippen MR) is 64.7 cm³/mol. The van der Waals surface area contributed by atoms with E-state index in [1.807, 2.05) is 6.92 Å². The van der Waals surface area contributed by atoms with Gasteiger partial charge in [0.1, 0.15) is 5.82 Å². The normalized spacial score (nSPS) is 11.8. The van der Waals surface area contributed by atoms with Gasteiger partial charge in [0.15, 0.2) is 0 Å². The Balaban J connectivity index is 2.93. The number of hydrogen-bond donors (Lipinski definition) is 2. The molecule has 0 aliphatic rings. The Morgan fingerprint density at radius 2 is 1.94 bits per heavy atom. The van der Waals surface area contributed by atoms with Gasteiger partial charge < -0.3 is 10.2 Å². The maximum Gasteiger partial charge on any atom is 0.127 e. The van der Waals surface area contributed by atoms with Crippen molar-refractivity contribution in [3.05, 3.63) is 34.1 Å². The highest BCUT2D eigenvalue weighted by molar-refractivity contribution is 9.10. The zero-order chi connectivity index (χ0) is 12.2. The van der Waals surface area contributed by atoms with E-state index in [1.54, 1.807) is 12.1 Å². The molecule has 0 aromatic heterocycles. The highest BCUT2D eigenvalue weighted by atomic mass is 79.9. The molecule has 0 heterocycles. The van der Waals surface area contributed by atoms with Crippen LogP contribution in [0.2, 0.25) is 0 Å². The largest absolute Gasteiger partial charge is 0.396 e. The molecule has 0 spiro atoms. The standard InChI is InChI=1S/C12H16BrFO2/c1-2-12(7-15,8-16)6-9-3-4-10(13)5-11(9)14/h3-5,15-16H,2,6-8H2,1H3. The fourth-order valence-corrected chi connectivity index (χ4v) is 1.91. The van der Waals surface area contributed by atoms with Gasteiger partial charge in [-0.2, -0.15) is 0 Å². The fraction of sp³-hybridized carbons (Fsp3) is 0.500. The summed E-state index contributed by atoms with van der Waals surface area (Å²) in [4.78, 5) is 0. The molecule has 16 heavy (non-hydrogen) atoms. The lowest BCUT2D eigenvalue weighted by molar-refractivity contribution is 0.0507. The van der Waals surface area contributed by atoms with Crippen molar-refractivity contribution in [2.45, 2.75) is 19.8 Å². The van der Waals surface area contributed by atoms with Crippen LogP contribution in [0.5, 0.6) is 0 Å². The number of aliphatic hydroxyl groups is 2. The van der Waals surface area contributed by atoms with E-state index in [9.17, 15) is 14.6 Å². The second-order valence-electron chi connectivity index (χ2n) is 4.08. The van der Waals surface area contributed by atoms with E-state index in [0.717, 1.165) is 0 Å². The number of halogens is 2. The van der Waals surface area contributed by atoms with E-state index < -0.39 is 5.41 Å². The van der Waals surface area contributed by atoms with Crippen LogP contribution in [0.15, 0.2) is 22.7 Å². The van der Waals surface area contributed by atoms with Gasteiger partial charge in [-0.3, -0.25) is 0 Å². The highest BCUT2D eigenvalue weighted by Crippen LogP contribution is 2.28. The first-order chi connectivity index (χ1) is 7.56. The summed E-state index contributed by atoms with van der Waals surface area (Å²) in [5.74, 6) is -0.311. The summed E-state index contributed by atoms with van der Waals surface area (Å²) in [7, 11) is 0. The molecular weight excluding hydrogens is 275 g/mol. The third-order valence-electron chi connectivity index (χ3n) is 3.00. The van der Waals surface area contributed by atoms with Crippen molar-refractivity contribution in [1.29, 1.82) is 0 Å². The topological polar surface area (TPSA) is 40.5 Å². The van der Waals surface area contributed by atoms with E-state index in [1.165, 1.54) is 6.07 Å². The van der Waals surface area contributed by atoms with Crippen LogP contribution in [0, 0.1) is 11.2 Å². The van der Waals surface area contributed by atoms with Crippen LogP contribution < -0.4 is 0 Å². The van der Waals surface area contributed by atoms with Gasteiger partial charge in [-0.1, -0.05) is 28.9 Å². The Labute approximate surface area is 103 Å². The summed E-state index contributed by atoms with van der Waals surface area (Å²) < 4.78 is 14.3. The van der Waals surface area contributed by atoms with Gasteiger partial charge in [-0.25, -0.2) is 4.39 Å². The van der Waals surface area contributed by atoms with Crippen LogP contribution >= 0.6 is 15.9 Å². The van der Waals surface area contributed by atoms with Crippen LogP contribution in [0.25, 0.3) is 0 Å². The van der Waals surface area contributed by atoms with Gasteiger partial charge in [0, 0.05) is 9.89 Å². The summed E-state index contributed by atoms with van der Waals surface area (Å²) in [6.45, 7) is 1.59. The Kier molecular flexibility index (Phi) is 4.89. The molecule has 0 aliphatic heterocycles. The first-order valence-corrected chi connectivity index (χ1v) is 6.02. The molecule has 4 heteroatoms. The summed E-state index contributed by atoms with van der Waals surface area (Å²) in [6.07, 6.45) is 0.950. The SMILES string of the molecule is CCC(CO)(CO)Cc1ccc(Br)cc1F. The molecule has 2 N–H and O–H groups in total. The van der Waals surface area contributed by atoms with Crippen molar-refractivity contribution >= 4 is 15.9 Å². The maximum atomic E-state index is 13.6. The Morgan fingerprint density at radius 3 is 2.38 bits per heavy atom. The summed E-state index contributed by atoms with van der Waals surface area (Å²) >= 11 is 3.19. The lowest BCUT2D eigenvalue weighted by Crippen LogP contribution is -2.31. The molecule has 0 radical (unpaired) electrons. The Hall–Kier alpha value is -0.450. The lowest BCUT2D eigenvalue weighted by atomic mass is 9.80. The molecule has 1 aromatic rings. The second kappa shape index (κ2) is 5.75. The van der Waals surface area contributed by atoms with Crippen molar-refractivity contribution < 1.29 is 14.6 Å². The smallest absolute Gasteiger partial charge is 0.127 e. The monoisotopic (exact) mass is 290 g/mol. The van der Waals surface area contributed by atoms with Crippen LogP contribution in [0.3, 0.4) is 0 Å². The molecule has 0 fully saturated rings. The molecule has 1 aromatic carbocycles. The van der Waals surface area contributed by atoms with Crippen molar-refractivity contribution in [3.8, 4) is 0 Å². The average molecular weight is 291 g/mol.